The highest BCUT2D eigenvalue weighted by molar-refractivity contribution is 5.65. The van der Waals surface area contributed by atoms with Crippen molar-refractivity contribution < 1.29 is 4.79 Å². The summed E-state index contributed by atoms with van der Waals surface area (Å²) in [4.78, 5) is 10.1. The average molecular weight is 180 g/mol. The Kier molecular flexibility index (Phi) is 7.27. The van der Waals surface area contributed by atoms with E-state index in [1.54, 1.807) is 6.08 Å². The highest BCUT2D eigenvalue weighted by Crippen LogP contribution is 2.10. The molecule has 0 spiro atoms. The molecule has 0 rings (SSSR count). The van der Waals surface area contributed by atoms with Gasteiger partial charge in [0.05, 0.1) is 0 Å². The zero-order valence-corrected chi connectivity index (χ0v) is 8.97. The third kappa shape index (κ3) is 6.32. The largest absolute Gasteiger partial charge is 0.299 e. The van der Waals surface area contributed by atoms with Crippen LogP contribution in [0.25, 0.3) is 0 Å². The molecular weight excluding hydrogens is 160 g/mol. The van der Waals surface area contributed by atoms with Gasteiger partial charge >= 0.3 is 0 Å². The molecule has 0 aromatic rings. The highest BCUT2D eigenvalue weighted by Gasteiger charge is 1.91. The van der Waals surface area contributed by atoms with Crippen molar-refractivity contribution in [1.82, 2.24) is 0 Å². The first-order valence-corrected chi connectivity index (χ1v) is 5.03. The fourth-order valence-corrected chi connectivity index (χ4v) is 1.24. The minimum Gasteiger partial charge on any atom is -0.299 e. The molecule has 0 N–H and O–H groups in total. The van der Waals surface area contributed by atoms with E-state index in [0.717, 1.165) is 37.5 Å². The predicted octanol–water partition coefficient (Wildman–Crippen LogP) is 3.66. The van der Waals surface area contributed by atoms with Crippen LogP contribution in [0.15, 0.2) is 23.3 Å². The molecule has 0 saturated carbocycles. The van der Waals surface area contributed by atoms with Gasteiger partial charge in [0.1, 0.15) is 6.29 Å². The van der Waals surface area contributed by atoms with E-state index in [4.69, 9.17) is 0 Å². The van der Waals surface area contributed by atoms with Gasteiger partial charge in [-0.2, -0.15) is 0 Å². The van der Waals surface area contributed by atoms with Gasteiger partial charge in [-0.1, -0.05) is 31.1 Å². The van der Waals surface area contributed by atoms with Crippen molar-refractivity contribution >= 4 is 6.29 Å². The molecule has 0 bridgehead atoms. The van der Waals surface area contributed by atoms with Crippen LogP contribution in [0.4, 0.5) is 0 Å². The maximum absolute atomic E-state index is 10.1. The average Bonchev–Trinajstić information content (AvgIpc) is 2.13. The number of aldehydes is 1. The number of carbonyl (C=O) groups is 1. The number of hydrogen-bond donors (Lipinski definition) is 0. The number of carbonyl (C=O) groups excluding carboxylic acids is 1. The molecule has 0 aromatic carbocycles. The Morgan fingerprint density at radius 1 is 1.23 bits per heavy atom. The Bertz CT molecular complexity index is 193. The van der Waals surface area contributed by atoms with Crippen LogP contribution >= 0.6 is 0 Å². The lowest BCUT2D eigenvalue weighted by atomic mass is 10.1. The Balaban J connectivity index is 3.82. The molecule has 0 atom stereocenters. The highest BCUT2D eigenvalue weighted by atomic mass is 16.1. The summed E-state index contributed by atoms with van der Waals surface area (Å²) in [5, 5.41) is 0. The Hall–Kier alpha value is -0.850. The van der Waals surface area contributed by atoms with E-state index in [1.165, 1.54) is 5.57 Å². The number of rotatable bonds is 6. The van der Waals surface area contributed by atoms with Gasteiger partial charge in [0.15, 0.2) is 0 Å². The summed E-state index contributed by atoms with van der Waals surface area (Å²) in [6, 6.07) is 0. The van der Waals surface area contributed by atoms with Crippen LogP contribution < -0.4 is 0 Å². The molecule has 0 aromatic heterocycles. The van der Waals surface area contributed by atoms with Gasteiger partial charge in [-0.25, -0.2) is 0 Å². The summed E-state index contributed by atoms with van der Waals surface area (Å²) >= 11 is 0. The van der Waals surface area contributed by atoms with E-state index in [1.807, 2.05) is 6.92 Å². The van der Waals surface area contributed by atoms with Crippen LogP contribution in [0.3, 0.4) is 0 Å². The monoisotopic (exact) mass is 180 g/mol. The first kappa shape index (κ1) is 12.2. The van der Waals surface area contributed by atoms with Crippen LogP contribution in [0.2, 0.25) is 0 Å². The minimum absolute atomic E-state index is 0.861. The normalized spacial score (nSPS) is 11.2. The first-order valence-electron chi connectivity index (χ1n) is 5.03. The van der Waals surface area contributed by atoms with Crippen molar-refractivity contribution in [2.24, 2.45) is 0 Å². The maximum Gasteiger partial charge on any atom is 0.142 e. The van der Waals surface area contributed by atoms with Crippen molar-refractivity contribution in [2.75, 3.05) is 0 Å². The summed E-state index contributed by atoms with van der Waals surface area (Å²) in [6.07, 6.45) is 9.16. The molecule has 0 aliphatic carbocycles. The van der Waals surface area contributed by atoms with E-state index in [-0.39, 0.29) is 0 Å². The van der Waals surface area contributed by atoms with Crippen molar-refractivity contribution in [3.63, 3.8) is 0 Å². The second-order valence-electron chi connectivity index (χ2n) is 3.26. The summed E-state index contributed by atoms with van der Waals surface area (Å²) in [6.45, 7) is 6.37. The molecule has 0 fully saturated rings. The number of allylic oxidation sites excluding steroid dienone is 4. The van der Waals surface area contributed by atoms with Gasteiger partial charge in [-0.3, -0.25) is 4.79 Å². The van der Waals surface area contributed by atoms with E-state index >= 15 is 0 Å². The molecule has 0 aliphatic rings. The van der Waals surface area contributed by atoms with Gasteiger partial charge in [-0.15, -0.1) is 0 Å². The molecule has 0 saturated heterocycles. The van der Waals surface area contributed by atoms with Gasteiger partial charge < -0.3 is 0 Å². The van der Waals surface area contributed by atoms with Gasteiger partial charge in [0.2, 0.25) is 0 Å². The van der Waals surface area contributed by atoms with Crippen molar-refractivity contribution in [2.45, 2.75) is 46.5 Å². The van der Waals surface area contributed by atoms with Crippen LogP contribution in [0, 0.1) is 0 Å². The summed E-state index contributed by atoms with van der Waals surface area (Å²) < 4.78 is 0. The molecule has 0 unspecified atom stereocenters. The van der Waals surface area contributed by atoms with Crippen LogP contribution in [-0.2, 0) is 4.79 Å². The zero-order valence-electron chi connectivity index (χ0n) is 8.97. The van der Waals surface area contributed by atoms with Crippen LogP contribution in [-0.4, -0.2) is 6.29 Å². The van der Waals surface area contributed by atoms with Gasteiger partial charge in [0.25, 0.3) is 0 Å². The topological polar surface area (TPSA) is 17.1 Å². The second-order valence-corrected chi connectivity index (χ2v) is 3.26. The molecule has 0 aliphatic heterocycles. The first-order chi connectivity index (χ1) is 6.24. The number of hydrogen-bond acceptors (Lipinski definition) is 1. The maximum atomic E-state index is 10.1. The Morgan fingerprint density at radius 2 is 1.85 bits per heavy atom. The van der Waals surface area contributed by atoms with Crippen LogP contribution in [0.1, 0.15) is 46.5 Å². The lowest BCUT2D eigenvalue weighted by molar-refractivity contribution is -0.104. The standard InChI is InChI=1S/C12H20O/c1-4-12(5-2)8-6-7-11(3)9-10-13/h8-10H,4-7H2,1-3H3/b11-9+. The third-order valence-corrected chi connectivity index (χ3v) is 2.23. The summed E-state index contributed by atoms with van der Waals surface area (Å²) in [7, 11) is 0. The van der Waals surface area contributed by atoms with E-state index in [9.17, 15) is 4.79 Å². The van der Waals surface area contributed by atoms with Gasteiger partial charge in [-0.05, 0) is 38.7 Å². The SMILES string of the molecule is CCC(=CCC/C(C)=C/C=O)CC. The lowest BCUT2D eigenvalue weighted by Crippen LogP contribution is -1.81. The Labute approximate surface area is 81.5 Å². The third-order valence-electron chi connectivity index (χ3n) is 2.23. The smallest absolute Gasteiger partial charge is 0.142 e. The van der Waals surface area contributed by atoms with E-state index in [2.05, 4.69) is 19.9 Å². The summed E-state index contributed by atoms with van der Waals surface area (Å²) in [5.41, 5.74) is 2.68. The molecule has 13 heavy (non-hydrogen) atoms. The quantitative estimate of drug-likeness (QED) is 0.346. The summed E-state index contributed by atoms with van der Waals surface area (Å²) in [5.74, 6) is 0. The molecule has 74 valence electrons. The van der Waals surface area contributed by atoms with Crippen molar-refractivity contribution in [3.05, 3.63) is 23.3 Å². The molecule has 0 radical (unpaired) electrons. The molecule has 0 amide bonds. The van der Waals surface area contributed by atoms with Crippen LogP contribution in [0.5, 0.6) is 0 Å². The zero-order chi connectivity index (χ0) is 10.1. The minimum atomic E-state index is 0.861. The lowest BCUT2D eigenvalue weighted by Gasteiger charge is -2.00. The molecule has 1 nitrogen and oxygen atoms in total. The second kappa shape index (κ2) is 7.78. The predicted molar refractivity (Wildman–Crippen MR) is 57.7 cm³/mol. The fraction of sp³-hybridized carbons (Fsp3) is 0.583. The van der Waals surface area contributed by atoms with E-state index < -0.39 is 0 Å². The van der Waals surface area contributed by atoms with Crippen molar-refractivity contribution in [3.8, 4) is 0 Å². The fourth-order valence-electron chi connectivity index (χ4n) is 1.24. The Morgan fingerprint density at radius 3 is 2.31 bits per heavy atom. The van der Waals surface area contributed by atoms with Crippen molar-refractivity contribution in [1.29, 1.82) is 0 Å². The molecule has 1 heteroatoms. The molecular formula is C12H20O. The van der Waals surface area contributed by atoms with E-state index in [0.29, 0.717) is 0 Å². The van der Waals surface area contributed by atoms with Gasteiger partial charge in [0, 0.05) is 0 Å². The molecule has 0 heterocycles.